The molecule has 3 aromatic rings. The summed E-state index contributed by atoms with van der Waals surface area (Å²) in [5, 5.41) is 3.81. The average Bonchev–Trinajstić information content (AvgIpc) is 3.51. The predicted molar refractivity (Wildman–Crippen MR) is 140 cm³/mol. The Bertz CT molecular complexity index is 1110. The van der Waals surface area contributed by atoms with Gasteiger partial charge >= 0.3 is 0 Å². The van der Waals surface area contributed by atoms with Crippen molar-refractivity contribution >= 4 is 28.5 Å². The first-order valence-electron chi connectivity index (χ1n) is 12.8. The molecular weight excluding hydrogens is 462 g/mol. The molecule has 2 heterocycles. The second-order valence-electron chi connectivity index (χ2n) is 9.34. The topological polar surface area (TPSA) is 65.4 Å². The lowest BCUT2D eigenvalue weighted by Gasteiger charge is -2.12. The Morgan fingerprint density at radius 1 is 1.17 bits per heavy atom. The van der Waals surface area contributed by atoms with Crippen LogP contribution < -0.4 is 10.1 Å². The molecule has 1 aliphatic heterocycles. The fraction of sp³-hybridized carbons (Fsp3) is 0.500. The number of imidazole rings is 1. The maximum Gasteiger partial charge on any atom is 0.249 e. The van der Waals surface area contributed by atoms with E-state index in [0.717, 1.165) is 84.7 Å². The second kappa shape index (κ2) is 12.4. The summed E-state index contributed by atoms with van der Waals surface area (Å²) in [4.78, 5) is 16.9. The molecule has 1 atom stereocenters. The Morgan fingerprint density at radius 3 is 2.74 bits per heavy atom. The summed E-state index contributed by atoms with van der Waals surface area (Å²) in [5.74, 6) is 2.02. The zero-order valence-electron chi connectivity index (χ0n) is 20.8. The van der Waals surface area contributed by atoms with Crippen molar-refractivity contribution in [2.24, 2.45) is 0 Å². The van der Waals surface area contributed by atoms with Crippen molar-refractivity contribution in [3.8, 4) is 5.75 Å². The molecule has 1 saturated heterocycles. The Morgan fingerprint density at radius 2 is 1.97 bits per heavy atom. The number of ether oxygens (including phenoxy) is 2. The molecule has 35 heavy (non-hydrogen) atoms. The number of para-hydroxylation sites is 2. The van der Waals surface area contributed by atoms with Crippen LogP contribution in [0.5, 0.6) is 5.75 Å². The molecule has 1 N–H and O–H groups in total. The fourth-order valence-electron chi connectivity index (χ4n) is 4.66. The first-order chi connectivity index (χ1) is 17.0. The van der Waals surface area contributed by atoms with Crippen molar-refractivity contribution in [1.29, 1.82) is 0 Å². The van der Waals surface area contributed by atoms with E-state index in [1.807, 2.05) is 32.0 Å². The minimum atomic E-state index is -0.244. The van der Waals surface area contributed by atoms with Gasteiger partial charge in [-0.3, -0.25) is 4.79 Å². The molecule has 0 radical (unpaired) electrons. The fourth-order valence-corrected chi connectivity index (χ4v) is 4.77. The molecule has 1 unspecified atom stereocenters. The van der Waals surface area contributed by atoms with Gasteiger partial charge in [-0.05, 0) is 81.3 Å². The van der Waals surface area contributed by atoms with Gasteiger partial charge in [0.2, 0.25) is 5.91 Å². The van der Waals surface area contributed by atoms with Gasteiger partial charge < -0.3 is 19.4 Å². The van der Waals surface area contributed by atoms with Gasteiger partial charge in [0.05, 0.1) is 17.6 Å². The highest BCUT2D eigenvalue weighted by atomic mass is 35.5. The predicted octanol–water partition coefficient (Wildman–Crippen LogP) is 5.78. The van der Waals surface area contributed by atoms with Gasteiger partial charge in [0, 0.05) is 31.1 Å². The third-order valence-electron chi connectivity index (χ3n) is 6.54. The van der Waals surface area contributed by atoms with Gasteiger partial charge in [0.15, 0.2) is 0 Å². The van der Waals surface area contributed by atoms with E-state index in [2.05, 4.69) is 28.1 Å². The number of halogens is 1. The highest BCUT2D eigenvalue weighted by molar-refractivity contribution is 6.32. The number of carbonyl (C=O) groups is 1. The van der Waals surface area contributed by atoms with Crippen LogP contribution in [0.1, 0.15) is 55.5 Å². The lowest BCUT2D eigenvalue weighted by atomic mass is 10.1. The van der Waals surface area contributed by atoms with E-state index in [-0.39, 0.29) is 12.0 Å². The highest BCUT2D eigenvalue weighted by Gasteiger charge is 2.22. The highest BCUT2D eigenvalue weighted by Crippen LogP contribution is 2.26. The SMILES string of the molecule is Cc1cc(OCCCn2c(CCCCCNC(=O)C3CCCO3)nc3ccccc32)cc(C)c1Cl. The number of nitrogens with one attached hydrogen (secondary N) is 1. The average molecular weight is 498 g/mol. The van der Waals surface area contributed by atoms with E-state index in [9.17, 15) is 4.79 Å². The molecular formula is C28H36ClN3O3. The molecule has 0 aliphatic carbocycles. The molecule has 1 aromatic heterocycles. The summed E-state index contributed by atoms with van der Waals surface area (Å²) >= 11 is 6.27. The molecule has 1 amide bonds. The number of carbonyl (C=O) groups excluding carboxylic acids is 1. The van der Waals surface area contributed by atoms with Gasteiger partial charge in [-0.25, -0.2) is 4.98 Å². The molecule has 0 spiro atoms. The van der Waals surface area contributed by atoms with Crippen LogP contribution in [0.4, 0.5) is 0 Å². The summed E-state index contributed by atoms with van der Waals surface area (Å²) in [7, 11) is 0. The van der Waals surface area contributed by atoms with Gasteiger partial charge in [0.1, 0.15) is 17.7 Å². The van der Waals surface area contributed by atoms with E-state index >= 15 is 0 Å². The minimum Gasteiger partial charge on any atom is -0.494 e. The van der Waals surface area contributed by atoms with E-state index in [0.29, 0.717) is 19.8 Å². The van der Waals surface area contributed by atoms with Gasteiger partial charge in [-0.1, -0.05) is 30.2 Å². The maximum absolute atomic E-state index is 12.0. The van der Waals surface area contributed by atoms with Crippen LogP contribution >= 0.6 is 11.6 Å². The lowest BCUT2D eigenvalue weighted by Crippen LogP contribution is -2.34. The maximum atomic E-state index is 12.0. The molecule has 4 rings (SSSR count). The number of aromatic nitrogens is 2. The zero-order chi connectivity index (χ0) is 24.6. The number of hydrogen-bond donors (Lipinski definition) is 1. The van der Waals surface area contributed by atoms with Gasteiger partial charge in [-0.15, -0.1) is 0 Å². The van der Waals surface area contributed by atoms with Crippen molar-refractivity contribution < 1.29 is 14.3 Å². The Kier molecular flexibility index (Phi) is 9.05. The first-order valence-corrected chi connectivity index (χ1v) is 13.1. The van der Waals surface area contributed by atoms with Crippen molar-refractivity contribution in [1.82, 2.24) is 14.9 Å². The van der Waals surface area contributed by atoms with Crippen molar-refractivity contribution in [2.45, 2.75) is 71.4 Å². The third kappa shape index (κ3) is 6.77. The first kappa shape index (κ1) is 25.5. The number of amides is 1. The summed E-state index contributed by atoms with van der Waals surface area (Å²) in [6.45, 7) is 6.91. The molecule has 0 saturated carbocycles. The number of aryl methyl sites for hydroxylation is 4. The van der Waals surface area contributed by atoms with Crippen LogP contribution in [-0.2, 0) is 22.5 Å². The monoisotopic (exact) mass is 497 g/mol. The largest absolute Gasteiger partial charge is 0.494 e. The van der Waals surface area contributed by atoms with Crippen LogP contribution in [0.2, 0.25) is 5.02 Å². The van der Waals surface area contributed by atoms with Crippen LogP contribution in [0.25, 0.3) is 11.0 Å². The van der Waals surface area contributed by atoms with Gasteiger partial charge in [-0.2, -0.15) is 0 Å². The van der Waals surface area contributed by atoms with E-state index in [1.54, 1.807) is 0 Å². The molecule has 7 heteroatoms. The van der Waals surface area contributed by atoms with E-state index in [1.165, 1.54) is 5.52 Å². The Hall–Kier alpha value is -2.57. The number of benzene rings is 2. The van der Waals surface area contributed by atoms with E-state index in [4.69, 9.17) is 26.1 Å². The minimum absolute atomic E-state index is 0.0374. The Balaban J connectivity index is 1.25. The molecule has 1 fully saturated rings. The molecule has 188 valence electrons. The van der Waals surface area contributed by atoms with Crippen LogP contribution in [0.3, 0.4) is 0 Å². The smallest absolute Gasteiger partial charge is 0.249 e. The number of rotatable bonds is 12. The van der Waals surface area contributed by atoms with Crippen LogP contribution in [-0.4, -0.2) is 41.3 Å². The molecule has 2 aromatic carbocycles. The summed E-state index contributed by atoms with van der Waals surface area (Å²) in [6, 6.07) is 12.3. The normalized spacial score (nSPS) is 15.6. The van der Waals surface area contributed by atoms with Crippen molar-refractivity contribution in [3.63, 3.8) is 0 Å². The van der Waals surface area contributed by atoms with Crippen molar-refractivity contribution in [3.05, 3.63) is 58.4 Å². The number of hydrogen-bond acceptors (Lipinski definition) is 4. The molecule has 0 bridgehead atoms. The molecule has 6 nitrogen and oxygen atoms in total. The standard InChI is InChI=1S/C28H36ClN3O3/c1-20-18-22(19-21(2)27(20)29)34-17-9-15-32-24-11-6-5-10-23(24)31-26(32)13-4-3-7-14-30-28(33)25-12-8-16-35-25/h5-6,10-11,18-19,25H,3-4,7-9,12-17H2,1-2H3,(H,30,33). The van der Waals surface area contributed by atoms with Gasteiger partial charge in [0.25, 0.3) is 0 Å². The van der Waals surface area contributed by atoms with Crippen LogP contribution in [0.15, 0.2) is 36.4 Å². The lowest BCUT2D eigenvalue weighted by molar-refractivity contribution is -0.130. The van der Waals surface area contributed by atoms with Crippen molar-refractivity contribution in [2.75, 3.05) is 19.8 Å². The summed E-state index contributed by atoms with van der Waals surface area (Å²) in [5.41, 5.74) is 4.28. The third-order valence-corrected chi connectivity index (χ3v) is 7.13. The summed E-state index contributed by atoms with van der Waals surface area (Å²) < 4.78 is 13.8. The quantitative estimate of drug-likeness (QED) is 0.322. The summed E-state index contributed by atoms with van der Waals surface area (Å²) in [6.07, 6.45) is 6.44. The van der Waals surface area contributed by atoms with Crippen LogP contribution in [0, 0.1) is 13.8 Å². The number of fused-ring (bicyclic) bond motifs is 1. The zero-order valence-corrected chi connectivity index (χ0v) is 21.6. The van der Waals surface area contributed by atoms with E-state index < -0.39 is 0 Å². The second-order valence-corrected chi connectivity index (χ2v) is 9.72. The Labute approximate surface area is 213 Å². The number of unbranched alkanes of at least 4 members (excludes halogenated alkanes) is 2. The molecule has 1 aliphatic rings. The number of nitrogens with zero attached hydrogens (tertiary/aromatic N) is 2.